The number of anilines is 2. The van der Waals surface area contributed by atoms with Gasteiger partial charge in [0.25, 0.3) is 0 Å². The summed E-state index contributed by atoms with van der Waals surface area (Å²) in [5.74, 6) is 0. The number of nitriles is 1. The Morgan fingerprint density at radius 1 is 0.941 bits per heavy atom. The summed E-state index contributed by atoms with van der Waals surface area (Å²) in [4.78, 5) is 0. The standard InChI is InChI=1S/C13H8Br2N2/c14-10-3-5-12(6-4-10)17-13-7-11(15)2-1-9(13)8-16/h1-7,17H. The Bertz CT molecular complexity index is 571. The van der Waals surface area contributed by atoms with Gasteiger partial charge in [-0.05, 0) is 42.5 Å². The first kappa shape index (κ1) is 12.2. The lowest BCUT2D eigenvalue weighted by Crippen LogP contribution is -1.93. The number of nitrogens with zero attached hydrogens (tertiary/aromatic N) is 1. The molecule has 0 bridgehead atoms. The van der Waals surface area contributed by atoms with E-state index in [9.17, 15) is 0 Å². The van der Waals surface area contributed by atoms with Gasteiger partial charge in [0.1, 0.15) is 6.07 Å². The van der Waals surface area contributed by atoms with E-state index in [-0.39, 0.29) is 0 Å². The Hall–Kier alpha value is -1.31. The Morgan fingerprint density at radius 2 is 1.59 bits per heavy atom. The maximum atomic E-state index is 9.02. The molecule has 0 heterocycles. The van der Waals surface area contributed by atoms with Gasteiger partial charge >= 0.3 is 0 Å². The summed E-state index contributed by atoms with van der Waals surface area (Å²) in [5.41, 5.74) is 2.36. The molecule has 2 nitrogen and oxygen atoms in total. The van der Waals surface area contributed by atoms with Gasteiger partial charge in [-0.3, -0.25) is 0 Å². The van der Waals surface area contributed by atoms with Crippen LogP contribution >= 0.6 is 31.9 Å². The third-order valence-electron chi connectivity index (χ3n) is 2.23. The molecule has 0 aliphatic carbocycles. The summed E-state index contributed by atoms with van der Waals surface area (Å²) in [6.45, 7) is 0. The second kappa shape index (κ2) is 5.35. The Kier molecular flexibility index (Phi) is 3.82. The quantitative estimate of drug-likeness (QED) is 0.841. The molecule has 2 aromatic carbocycles. The number of hydrogen-bond donors (Lipinski definition) is 1. The third-order valence-corrected chi connectivity index (χ3v) is 3.25. The Balaban J connectivity index is 2.32. The van der Waals surface area contributed by atoms with Gasteiger partial charge in [-0.1, -0.05) is 31.9 Å². The number of nitrogens with one attached hydrogen (secondary N) is 1. The molecule has 0 fully saturated rings. The fourth-order valence-corrected chi connectivity index (χ4v) is 2.03. The summed E-state index contributed by atoms with van der Waals surface area (Å²) < 4.78 is 1.97. The number of halogens is 2. The van der Waals surface area contributed by atoms with Crippen LogP contribution in [0.15, 0.2) is 51.4 Å². The van der Waals surface area contributed by atoms with E-state index in [1.165, 1.54) is 0 Å². The van der Waals surface area contributed by atoms with E-state index in [2.05, 4.69) is 43.2 Å². The average molecular weight is 352 g/mol. The normalized spacial score (nSPS) is 9.71. The zero-order valence-corrected chi connectivity index (χ0v) is 11.9. The monoisotopic (exact) mass is 350 g/mol. The number of rotatable bonds is 2. The van der Waals surface area contributed by atoms with E-state index in [1.807, 2.05) is 36.4 Å². The Labute approximate surface area is 117 Å². The van der Waals surface area contributed by atoms with Crippen molar-refractivity contribution in [3.63, 3.8) is 0 Å². The topological polar surface area (TPSA) is 35.8 Å². The molecule has 2 rings (SSSR count). The second-order valence-corrected chi connectivity index (χ2v) is 5.26. The number of hydrogen-bond acceptors (Lipinski definition) is 2. The van der Waals surface area contributed by atoms with Gasteiger partial charge in [0.05, 0.1) is 11.3 Å². The molecule has 4 heteroatoms. The zero-order valence-electron chi connectivity index (χ0n) is 8.74. The minimum atomic E-state index is 0.621. The molecule has 2 aromatic rings. The van der Waals surface area contributed by atoms with Gasteiger partial charge in [-0.25, -0.2) is 0 Å². The van der Waals surface area contributed by atoms with Gasteiger partial charge in [-0.15, -0.1) is 0 Å². The molecule has 0 saturated heterocycles. The van der Waals surface area contributed by atoms with Crippen molar-refractivity contribution in [1.82, 2.24) is 0 Å². The summed E-state index contributed by atoms with van der Waals surface area (Å²) in [6, 6.07) is 15.5. The van der Waals surface area contributed by atoms with Crippen LogP contribution in [0.3, 0.4) is 0 Å². The van der Waals surface area contributed by atoms with E-state index in [0.717, 1.165) is 20.3 Å². The van der Waals surface area contributed by atoms with Crippen LogP contribution < -0.4 is 5.32 Å². The van der Waals surface area contributed by atoms with Crippen molar-refractivity contribution in [3.05, 3.63) is 57.0 Å². The van der Waals surface area contributed by atoms with E-state index in [1.54, 1.807) is 6.07 Å². The molecule has 0 atom stereocenters. The molecule has 84 valence electrons. The van der Waals surface area contributed by atoms with Crippen molar-refractivity contribution in [2.24, 2.45) is 0 Å². The van der Waals surface area contributed by atoms with E-state index < -0.39 is 0 Å². The summed E-state index contributed by atoms with van der Waals surface area (Å²) >= 11 is 6.78. The first-order chi connectivity index (χ1) is 8.19. The van der Waals surface area contributed by atoms with Crippen LogP contribution in [0.25, 0.3) is 0 Å². The van der Waals surface area contributed by atoms with E-state index in [0.29, 0.717) is 5.56 Å². The third kappa shape index (κ3) is 3.09. The molecule has 0 aromatic heterocycles. The van der Waals surface area contributed by atoms with Gasteiger partial charge in [-0.2, -0.15) is 5.26 Å². The first-order valence-corrected chi connectivity index (χ1v) is 6.50. The van der Waals surface area contributed by atoms with Crippen LogP contribution in [0.4, 0.5) is 11.4 Å². The highest BCUT2D eigenvalue weighted by Crippen LogP contribution is 2.25. The van der Waals surface area contributed by atoms with Crippen molar-refractivity contribution in [1.29, 1.82) is 5.26 Å². The van der Waals surface area contributed by atoms with E-state index in [4.69, 9.17) is 5.26 Å². The Morgan fingerprint density at radius 3 is 2.24 bits per heavy atom. The second-order valence-electron chi connectivity index (χ2n) is 3.43. The molecular weight excluding hydrogens is 344 g/mol. The lowest BCUT2D eigenvalue weighted by Gasteiger charge is -2.08. The maximum Gasteiger partial charge on any atom is 0.101 e. The van der Waals surface area contributed by atoms with Crippen LogP contribution in [0.2, 0.25) is 0 Å². The largest absolute Gasteiger partial charge is 0.354 e. The lowest BCUT2D eigenvalue weighted by atomic mass is 10.2. The van der Waals surface area contributed by atoms with Crippen LogP contribution in [-0.2, 0) is 0 Å². The molecule has 0 aliphatic heterocycles. The zero-order chi connectivity index (χ0) is 12.3. The van der Waals surface area contributed by atoms with Crippen LogP contribution in [0.1, 0.15) is 5.56 Å². The van der Waals surface area contributed by atoms with Crippen LogP contribution in [-0.4, -0.2) is 0 Å². The fraction of sp³-hybridized carbons (Fsp3) is 0. The van der Waals surface area contributed by atoms with Crippen molar-refractivity contribution in [3.8, 4) is 6.07 Å². The average Bonchev–Trinajstić information content (AvgIpc) is 2.32. The molecule has 0 spiro atoms. The lowest BCUT2D eigenvalue weighted by molar-refractivity contribution is 1.45. The predicted molar refractivity (Wildman–Crippen MR) is 76.3 cm³/mol. The molecule has 17 heavy (non-hydrogen) atoms. The fourth-order valence-electron chi connectivity index (χ4n) is 1.41. The molecule has 0 radical (unpaired) electrons. The summed E-state index contributed by atoms with van der Waals surface area (Å²) in [7, 11) is 0. The van der Waals surface area contributed by atoms with Crippen molar-refractivity contribution >= 4 is 43.2 Å². The smallest absolute Gasteiger partial charge is 0.101 e. The molecule has 0 saturated carbocycles. The first-order valence-electron chi connectivity index (χ1n) is 4.91. The summed E-state index contributed by atoms with van der Waals surface area (Å²) in [5, 5.41) is 12.2. The maximum absolute atomic E-state index is 9.02. The molecule has 0 unspecified atom stereocenters. The summed E-state index contributed by atoms with van der Waals surface area (Å²) in [6.07, 6.45) is 0. The SMILES string of the molecule is N#Cc1ccc(Br)cc1Nc1ccc(Br)cc1. The van der Waals surface area contributed by atoms with Crippen molar-refractivity contribution in [2.45, 2.75) is 0 Å². The van der Waals surface area contributed by atoms with Crippen molar-refractivity contribution < 1.29 is 0 Å². The van der Waals surface area contributed by atoms with Gasteiger partial charge < -0.3 is 5.32 Å². The highest BCUT2D eigenvalue weighted by Gasteiger charge is 2.03. The number of benzene rings is 2. The van der Waals surface area contributed by atoms with Gasteiger partial charge in [0.2, 0.25) is 0 Å². The molecule has 1 N–H and O–H groups in total. The highest BCUT2D eigenvalue weighted by molar-refractivity contribution is 9.10. The van der Waals surface area contributed by atoms with Crippen LogP contribution in [0.5, 0.6) is 0 Å². The predicted octanol–water partition coefficient (Wildman–Crippen LogP) is 4.83. The molecule has 0 aliphatic rings. The van der Waals surface area contributed by atoms with Crippen LogP contribution in [0, 0.1) is 11.3 Å². The highest BCUT2D eigenvalue weighted by atomic mass is 79.9. The van der Waals surface area contributed by atoms with Crippen molar-refractivity contribution in [2.75, 3.05) is 5.32 Å². The minimum Gasteiger partial charge on any atom is -0.354 e. The molecular formula is C13H8Br2N2. The minimum absolute atomic E-state index is 0.621. The van der Waals surface area contributed by atoms with E-state index >= 15 is 0 Å². The molecule has 0 amide bonds. The van der Waals surface area contributed by atoms with Gasteiger partial charge in [0.15, 0.2) is 0 Å². The van der Waals surface area contributed by atoms with Gasteiger partial charge in [0, 0.05) is 14.6 Å².